The number of ether oxygens (including phenoxy) is 1. The molecular formula is C18H30IN3O. The van der Waals surface area contributed by atoms with Gasteiger partial charge in [0.2, 0.25) is 0 Å². The zero-order chi connectivity index (χ0) is 15.8. The molecule has 1 aromatic carbocycles. The summed E-state index contributed by atoms with van der Waals surface area (Å²) in [4.78, 5) is 4.34. The van der Waals surface area contributed by atoms with E-state index in [0.717, 1.165) is 18.4 Å². The lowest BCUT2D eigenvalue weighted by molar-refractivity contribution is 0.185. The smallest absolute Gasteiger partial charge is 0.191 e. The van der Waals surface area contributed by atoms with Gasteiger partial charge in [0.15, 0.2) is 5.96 Å². The largest absolute Gasteiger partial charge is 0.380 e. The van der Waals surface area contributed by atoms with Crippen molar-refractivity contribution in [3.05, 3.63) is 35.4 Å². The number of aliphatic imine (C=N–C) groups is 1. The van der Waals surface area contributed by atoms with Crippen LogP contribution in [0.2, 0.25) is 0 Å². The fourth-order valence-electron chi connectivity index (χ4n) is 2.90. The summed E-state index contributed by atoms with van der Waals surface area (Å²) in [6.07, 6.45) is 5.12. The molecule has 0 atom stereocenters. The molecule has 0 heterocycles. The Morgan fingerprint density at radius 2 is 1.74 bits per heavy atom. The molecule has 0 radical (unpaired) electrons. The molecule has 0 amide bonds. The average Bonchev–Trinajstić information content (AvgIpc) is 2.55. The van der Waals surface area contributed by atoms with Crippen LogP contribution in [-0.4, -0.2) is 26.2 Å². The molecule has 5 heteroatoms. The monoisotopic (exact) mass is 431 g/mol. The van der Waals surface area contributed by atoms with Crippen LogP contribution >= 0.6 is 24.0 Å². The van der Waals surface area contributed by atoms with Crippen LogP contribution in [-0.2, 0) is 17.9 Å². The maximum absolute atomic E-state index is 5.13. The van der Waals surface area contributed by atoms with Crippen LogP contribution in [0.4, 0.5) is 0 Å². The summed E-state index contributed by atoms with van der Waals surface area (Å²) in [6, 6.07) is 9.05. The third kappa shape index (κ3) is 7.08. The van der Waals surface area contributed by atoms with Gasteiger partial charge in [-0.2, -0.15) is 0 Å². The van der Waals surface area contributed by atoms with E-state index in [9.17, 15) is 0 Å². The molecule has 1 saturated carbocycles. The van der Waals surface area contributed by atoms with Crippen LogP contribution in [0.3, 0.4) is 0 Å². The van der Waals surface area contributed by atoms with Gasteiger partial charge in [-0.05, 0) is 42.7 Å². The number of benzene rings is 1. The summed E-state index contributed by atoms with van der Waals surface area (Å²) in [5.41, 5.74) is 2.45. The predicted octanol–water partition coefficient (Wildman–Crippen LogP) is 3.69. The number of hydrogen-bond acceptors (Lipinski definition) is 2. The molecule has 0 aromatic heterocycles. The van der Waals surface area contributed by atoms with E-state index >= 15 is 0 Å². The third-order valence-corrected chi connectivity index (χ3v) is 4.37. The van der Waals surface area contributed by atoms with Crippen LogP contribution in [0.1, 0.15) is 43.7 Å². The maximum atomic E-state index is 5.13. The zero-order valence-corrected chi connectivity index (χ0v) is 16.8. The van der Waals surface area contributed by atoms with Crippen molar-refractivity contribution in [3.63, 3.8) is 0 Å². The van der Waals surface area contributed by atoms with E-state index in [1.807, 2.05) is 7.05 Å². The topological polar surface area (TPSA) is 45.7 Å². The van der Waals surface area contributed by atoms with Gasteiger partial charge in [-0.3, -0.25) is 4.99 Å². The molecule has 2 N–H and O–H groups in total. The predicted molar refractivity (Wildman–Crippen MR) is 107 cm³/mol. The Labute approximate surface area is 157 Å². The van der Waals surface area contributed by atoms with Crippen molar-refractivity contribution in [2.75, 3.05) is 14.2 Å². The number of nitrogens with one attached hydrogen (secondary N) is 2. The first-order chi connectivity index (χ1) is 10.7. The molecule has 0 saturated heterocycles. The Morgan fingerprint density at radius 1 is 1.13 bits per heavy atom. The Bertz CT molecular complexity index is 468. The molecule has 1 aliphatic carbocycles. The van der Waals surface area contributed by atoms with E-state index in [4.69, 9.17) is 4.74 Å². The number of guanidine groups is 1. The van der Waals surface area contributed by atoms with Crippen molar-refractivity contribution < 1.29 is 4.74 Å². The highest BCUT2D eigenvalue weighted by Gasteiger charge is 2.18. The molecule has 0 unspecified atom stereocenters. The van der Waals surface area contributed by atoms with Gasteiger partial charge in [-0.25, -0.2) is 0 Å². The SMILES string of the molecule is CN=C(NCc1ccc(COC)cc1)NC1CCC(C)CC1.I. The normalized spacial score (nSPS) is 21.4. The van der Waals surface area contributed by atoms with Crippen molar-refractivity contribution >= 4 is 29.9 Å². The summed E-state index contributed by atoms with van der Waals surface area (Å²) in [6.45, 7) is 3.80. The summed E-state index contributed by atoms with van der Waals surface area (Å²) < 4.78 is 5.13. The van der Waals surface area contributed by atoms with Gasteiger partial charge in [-0.15, -0.1) is 24.0 Å². The van der Waals surface area contributed by atoms with Crippen LogP contribution in [0.25, 0.3) is 0 Å². The third-order valence-electron chi connectivity index (χ3n) is 4.37. The second-order valence-electron chi connectivity index (χ2n) is 6.28. The van der Waals surface area contributed by atoms with E-state index in [-0.39, 0.29) is 24.0 Å². The van der Waals surface area contributed by atoms with Crippen molar-refractivity contribution in [2.45, 2.75) is 51.8 Å². The van der Waals surface area contributed by atoms with Gasteiger partial charge in [0.25, 0.3) is 0 Å². The molecule has 1 aliphatic rings. The second kappa shape index (κ2) is 10.9. The summed E-state index contributed by atoms with van der Waals surface area (Å²) in [7, 11) is 3.56. The molecule has 23 heavy (non-hydrogen) atoms. The standard InChI is InChI=1S/C18H29N3O.HI/c1-14-4-10-17(11-5-14)21-18(19-2)20-12-15-6-8-16(9-7-15)13-22-3;/h6-9,14,17H,4-5,10-13H2,1-3H3,(H2,19,20,21);1H. The number of nitrogens with zero attached hydrogens (tertiary/aromatic N) is 1. The molecule has 4 nitrogen and oxygen atoms in total. The molecule has 2 rings (SSSR count). The highest BCUT2D eigenvalue weighted by atomic mass is 127. The second-order valence-corrected chi connectivity index (χ2v) is 6.28. The Morgan fingerprint density at radius 3 is 2.30 bits per heavy atom. The first kappa shape index (κ1) is 20.2. The highest BCUT2D eigenvalue weighted by Crippen LogP contribution is 2.23. The van der Waals surface area contributed by atoms with Crippen molar-refractivity contribution in [1.82, 2.24) is 10.6 Å². The fraction of sp³-hybridized carbons (Fsp3) is 0.611. The van der Waals surface area contributed by atoms with Gasteiger partial charge in [0, 0.05) is 26.7 Å². The minimum atomic E-state index is 0. The molecule has 0 spiro atoms. The van der Waals surface area contributed by atoms with Crippen LogP contribution < -0.4 is 10.6 Å². The lowest BCUT2D eigenvalue weighted by Gasteiger charge is -2.28. The Kier molecular flexibility index (Phi) is 9.55. The lowest BCUT2D eigenvalue weighted by atomic mass is 9.87. The molecule has 0 bridgehead atoms. The van der Waals surface area contributed by atoms with Crippen molar-refractivity contribution in [2.24, 2.45) is 10.9 Å². The van der Waals surface area contributed by atoms with Crippen molar-refractivity contribution in [3.8, 4) is 0 Å². The van der Waals surface area contributed by atoms with Gasteiger partial charge < -0.3 is 15.4 Å². The minimum Gasteiger partial charge on any atom is -0.380 e. The van der Waals surface area contributed by atoms with Gasteiger partial charge in [-0.1, -0.05) is 31.2 Å². The average molecular weight is 431 g/mol. The highest BCUT2D eigenvalue weighted by molar-refractivity contribution is 14.0. The van der Waals surface area contributed by atoms with Crippen LogP contribution in [0.5, 0.6) is 0 Å². The number of hydrogen-bond donors (Lipinski definition) is 2. The Balaban J connectivity index is 0.00000264. The molecule has 1 fully saturated rings. The lowest BCUT2D eigenvalue weighted by Crippen LogP contribution is -2.44. The van der Waals surface area contributed by atoms with E-state index in [2.05, 4.69) is 46.8 Å². The van der Waals surface area contributed by atoms with E-state index in [1.54, 1.807) is 7.11 Å². The van der Waals surface area contributed by atoms with E-state index in [1.165, 1.54) is 36.8 Å². The van der Waals surface area contributed by atoms with Crippen LogP contribution in [0.15, 0.2) is 29.3 Å². The maximum Gasteiger partial charge on any atom is 0.191 e. The Hall–Kier alpha value is -0.820. The van der Waals surface area contributed by atoms with Gasteiger partial charge in [0.05, 0.1) is 6.61 Å². The first-order valence-corrected chi connectivity index (χ1v) is 8.25. The first-order valence-electron chi connectivity index (χ1n) is 8.25. The van der Waals surface area contributed by atoms with E-state index in [0.29, 0.717) is 12.6 Å². The zero-order valence-electron chi connectivity index (χ0n) is 14.5. The summed E-state index contributed by atoms with van der Waals surface area (Å²) in [5.74, 6) is 1.78. The molecule has 130 valence electrons. The van der Waals surface area contributed by atoms with Crippen molar-refractivity contribution in [1.29, 1.82) is 0 Å². The number of rotatable bonds is 5. The van der Waals surface area contributed by atoms with Gasteiger partial charge in [0.1, 0.15) is 0 Å². The minimum absolute atomic E-state index is 0. The molecule has 0 aliphatic heterocycles. The van der Waals surface area contributed by atoms with Gasteiger partial charge >= 0.3 is 0 Å². The molecule has 1 aromatic rings. The van der Waals surface area contributed by atoms with Crippen LogP contribution in [0, 0.1) is 5.92 Å². The summed E-state index contributed by atoms with van der Waals surface area (Å²) in [5, 5.41) is 6.95. The fourth-order valence-corrected chi connectivity index (χ4v) is 2.90. The number of halogens is 1. The van der Waals surface area contributed by atoms with E-state index < -0.39 is 0 Å². The molecular weight excluding hydrogens is 401 g/mol. The quantitative estimate of drug-likeness (QED) is 0.425. The number of methoxy groups -OCH3 is 1. The summed E-state index contributed by atoms with van der Waals surface area (Å²) >= 11 is 0.